The molecule has 24 heavy (non-hydrogen) atoms. The van der Waals surface area contributed by atoms with Gasteiger partial charge in [0, 0.05) is 42.1 Å². The van der Waals surface area contributed by atoms with Crippen molar-refractivity contribution in [2.75, 3.05) is 25.0 Å². The standard InChI is InChI=1S/C16H16N4O2S.ClH/c21-15(14-9-17-5-7-22-14)18-12-3-1-11(2-4-12)13-10-20-6-8-23-16(20)19-13;/h1-4,6,8,10,14,17H,5,7,9H2,(H,18,21);1H/t14-;/m1./s1. The Morgan fingerprint density at radius 1 is 1.38 bits per heavy atom. The molecule has 6 nitrogen and oxygen atoms in total. The zero-order valence-electron chi connectivity index (χ0n) is 12.8. The molecule has 1 fully saturated rings. The number of carbonyl (C=O) groups excluding carboxylic acids is 1. The fraction of sp³-hybridized carbons (Fsp3) is 0.250. The molecule has 1 aromatic carbocycles. The second-order valence-corrected chi connectivity index (χ2v) is 6.22. The van der Waals surface area contributed by atoms with Crippen LogP contribution in [0, 0.1) is 0 Å². The number of nitrogens with zero attached hydrogens (tertiary/aromatic N) is 2. The number of hydrogen-bond acceptors (Lipinski definition) is 5. The number of amides is 1. The van der Waals surface area contributed by atoms with Crippen LogP contribution in [0.25, 0.3) is 16.2 Å². The molecule has 0 saturated carbocycles. The number of imidazole rings is 1. The summed E-state index contributed by atoms with van der Waals surface area (Å²) < 4.78 is 7.45. The summed E-state index contributed by atoms with van der Waals surface area (Å²) in [6.45, 7) is 1.91. The first-order valence-electron chi connectivity index (χ1n) is 7.45. The molecule has 0 radical (unpaired) electrons. The van der Waals surface area contributed by atoms with Crippen molar-refractivity contribution in [3.8, 4) is 11.3 Å². The van der Waals surface area contributed by atoms with Gasteiger partial charge >= 0.3 is 0 Å². The number of aromatic nitrogens is 2. The third-order valence-electron chi connectivity index (χ3n) is 3.76. The first-order chi connectivity index (χ1) is 11.3. The number of hydrogen-bond donors (Lipinski definition) is 2. The van der Waals surface area contributed by atoms with Gasteiger partial charge in [0.1, 0.15) is 6.10 Å². The van der Waals surface area contributed by atoms with E-state index < -0.39 is 6.10 Å². The highest BCUT2D eigenvalue weighted by atomic mass is 35.5. The zero-order valence-corrected chi connectivity index (χ0v) is 14.4. The van der Waals surface area contributed by atoms with Crippen LogP contribution >= 0.6 is 23.7 Å². The van der Waals surface area contributed by atoms with Gasteiger partial charge in [0.25, 0.3) is 5.91 Å². The van der Waals surface area contributed by atoms with Crippen molar-refractivity contribution in [1.82, 2.24) is 14.7 Å². The molecule has 1 atom stereocenters. The van der Waals surface area contributed by atoms with E-state index in [9.17, 15) is 4.79 Å². The Balaban J connectivity index is 0.00000169. The molecule has 0 unspecified atom stereocenters. The molecule has 1 aliphatic rings. The SMILES string of the molecule is Cl.O=C(Nc1ccc(-c2cn3ccsc3n2)cc1)[C@H]1CNCCO1. The molecular weight excluding hydrogens is 348 g/mol. The summed E-state index contributed by atoms with van der Waals surface area (Å²) >= 11 is 1.61. The van der Waals surface area contributed by atoms with Gasteiger partial charge in [-0.05, 0) is 12.1 Å². The molecule has 2 N–H and O–H groups in total. The van der Waals surface area contributed by atoms with Gasteiger partial charge in [-0.15, -0.1) is 23.7 Å². The molecule has 126 valence electrons. The summed E-state index contributed by atoms with van der Waals surface area (Å²) in [5, 5.41) is 8.04. The van der Waals surface area contributed by atoms with E-state index in [4.69, 9.17) is 4.74 Å². The quantitative estimate of drug-likeness (QED) is 0.749. The lowest BCUT2D eigenvalue weighted by Crippen LogP contribution is -2.45. The Labute approximate surface area is 149 Å². The lowest BCUT2D eigenvalue weighted by Gasteiger charge is -2.22. The van der Waals surface area contributed by atoms with Gasteiger partial charge in [0.05, 0.1) is 12.3 Å². The fourth-order valence-corrected chi connectivity index (χ4v) is 3.25. The van der Waals surface area contributed by atoms with Crippen LogP contribution in [-0.2, 0) is 9.53 Å². The molecular formula is C16H17ClN4O2S. The van der Waals surface area contributed by atoms with Crippen molar-refractivity contribution in [2.45, 2.75) is 6.10 Å². The number of fused-ring (bicyclic) bond motifs is 1. The van der Waals surface area contributed by atoms with E-state index in [-0.39, 0.29) is 18.3 Å². The minimum Gasteiger partial charge on any atom is -0.366 e. The molecule has 1 saturated heterocycles. The highest BCUT2D eigenvalue weighted by Crippen LogP contribution is 2.23. The lowest BCUT2D eigenvalue weighted by molar-refractivity contribution is -0.128. The predicted molar refractivity (Wildman–Crippen MR) is 97.0 cm³/mol. The van der Waals surface area contributed by atoms with Gasteiger partial charge in [-0.25, -0.2) is 4.98 Å². The van der Waals surface area contributed by atoms with E-state index in [0.717, 1.165) is 28.5 Å². The van der Waals surface area contributed by atoms with Gasteiger partial charge in [-0.1, -0.05) is 12.1 Å². The van der Waals surface area contributed by atoms with E-state index in [1.54, 1.807) is 11.3 Å². The maximum absolute atomic E-state index is 12.1. The molecule has 3 heterocycles. The number of morpholine rings is 1. The molecule has 8 heteroatoms. The van der Waals surface area contributed by atoms with Crippen molar-refractivity contribution >= 4 is 40.3 Å². The monoisotopic (exact) mass is 364 g/mol. The Bertz CT molecular complexity index is 796. The molecule has 4 rings (SSSR count). The zero-order chi connectivity index (χ0) is 15.6. The number of carbonyl (C=O) groups is 1. The van der Waals surface area contributed by atoms with E-state index in [1.165, 1.54) is 0 Å². The summed E-state index contributed by atoms with van der Waals surface area (Å²) in [7, 11) is 0. The van der Waals surface area contributed by atoms with Crippen LogP contribution in [-0.4, -0.2) is 41.1 Å². The normalized spacial score (nSPS) is 17.4. The largest absolute Gasteiger partial charge is 0.366 e. The number of ether oxygens (including phenoxy) is 1. The van der Waals surface area contributed by atoms with Crippen molar-refractivity contribution in [2.24, 2.45) is 0 Å². The third kappa shape index (κ3) is 3.44. The van der Waals surface area contributed by atoms with Crippen molar-refractivity contribution in [3.63, 3.8) is 0 Å². The molecule has 0 bridgehead atoms. The second-order valence-electron chi connectivity index (χ2n) is 5.35. The molecule has 1 aliphatic heterocycles. The van der Waals surface area contributed by atoms with Crippen LogP contribution in [0.4, 0.5) is 5.69 Å². The minimum absolute atomic E-state index is 0. The number of rotatable bonds is 3. The van der Waals surface area contributed by atoms with Gasteiger partial charge in [0.15, 0.2) is 4.96 Å². The summed E-state index contributed by atoms with van der Waals surface area (Å²) in [5.74, 6) is -0.118. The summed E-state index contributed by atoms with van der Waals surface area (Å²) in [6.07, 6.45) is 3.56. The van der Waals surface area contributed by atoms with E-state index in [0.29, 0.717) is 13.2 Å². The number of nitrogens with one attached hydrogen (secondary N) is 2. The third-order valence-corrected chi connectivity index (χ3v) is 4.53. The molecule has 0 spiro atoms. The van der Waals surface area contributed by atoms with Crippen LogP contribution in [0.1, 0.15) is 0 Å². The Morgan fingerprint density at radius 2 is 2.21 bits per heavy atom. The van der Waals surface area contributed by atoms with Gasteiger partial charge in [-0.2, -0.15) is 0 Å². The van der Waals surface area contributed by atoms with Crippen LogP contribution in [0.2, 0.25) is 0 Å². The smallest absolute Gasteiger partial charge is 0.254 e. The molecule has 0 aliphatic carbocycles. The molecule has 1 amide bonds. The minimum atomic E-state index is -0.427. The van der Waals surface area contributed by atoms with Gasteiger partial charge in [-0.3, -0.25) is 9.20 Å². The topological polar surface area (TPSA) is 67.7 Å². The lowest BCUT2D eigenvalue weighted by atomic mass is 10.1. The first-order valence-corrected chi connectivity index (χ1v) is 8.33. The number of thiazole rings is 1. The van der Waals surface area contributed by atoms with E-state index >= 15 is 0 Å². The maximum Gasteiger partial charge on any atom is 0.254 e. The van der Waals surface area contributed by atoms with Crippen molar-refractivity contribution in [3.05, 3.63) is 42.0 Å². The van der Waals surface area contributed by atoms with Crippen molar-refractivity contribution < 1.29 is 9.53 Å². The van der Waals surface area contributed by atoms with Crippen LogP contribution in [0.3, 0.4) is 0 Å². The highest BCUT2D eigenvalue weighted by molar-refractivity contribution is 7.15. The average Bonchev–Trinajstić information content (AvgIpc) is 3.18. The number of anilines is 1. The van der Waals surface area contributed by atoms with Crippen molar-refractivity contribution in [1.29, 1.82) is 0 Å². The van der Waals surface area contributed by atoms with Crippen LogP contribution < -0.4 is 10.6 Å². The Hall–Kier alpha value is -1.93. The maximum atomic E-state index is 12.1. The number of halogens is 1. The van der Waals surface area contributed by atoms with Crippen LogP contribution in [0.5, 0.6) is 0 Å². The van der Waals surface area contributed by atoms with Gasteiger partial charge in [0.2, 0.25) is 0 Å². The van der Waals surface area contributed by atoms with E-state index in [1.807, 2.05) is 46.4 Å². The Kier molecular flexibility index (Phi) is 5.15. The number of benzene rings is 1. The summed E-state index contributed by atoms with van der Waals surface area (Å²) in [4.78, 5) is 17.7. The molecule has 2 aromatic heterocycles. The molecule has 3 aromatic rings. The first kappa shape index (κ1) is 16.9. The summed E-state index contributed by atoms with van der Waals surface area (Å²) in [6, 6.07) is 7.69. The second kappa shape index (κ2) is 7.31. The highest BCUT2D eigenvalue weighted by Gasteiger charge is 2.21. The average molecular weight is 365 g/mol. The van der Waals surface area contributed by atoms with E-state index in [2.05, 4.69) is 15.6 Å². The van der Waals surface area contributed by atoms with Gasteiger partial charge < -0.3 is 15.4 Å². The summed E-state index contributed by atoms with van der Waals surface area (Å²) in [5.41, 5.74) is 2.71. The fourth-order valence-electron chi connectivity index (χ4n) is 2.55. The predicted octanol–water partition coefficient (Wildman–Crippen LogP) is 2.41. The van der Waals surface area contributed by atoms with Crippen LogP contribution in [0.15, 0.2) is 42.0 Å². The Morgan fingerprint density at radius 3 is 2.92 bits per heavy atom.